The van der Waals surface area contributed by atoms with Gasteiger partial charge < -0.3 is 20.0 Å². The van der Waals surface area contributed by atoms with Crippen LogP contribution in [-0.2, 0) is 13.9 Å². The molecule has 0 fully saturated rings. The molecule has 0 amide bonds. The van der Waals surface area contributed by atoms with E-state index in [9.17, 15) is 9.36 Å². The first kappa shape index (κ1) is 15.0. The minimum Gasteiger partial charge on any atom is -0.388 e. The van der Waals surface area contributed by atoms with Gasteiger partial charge in [-0.2, -0.15) is 11.8 Å². The maximum absolute atomic E-state index is 11.0. The number of aliphatic hydroxyl groups excluding tert-OH is 2. The highest BCUT2D eigenvalue weighted by Gasteiger charge is 2.26. The molecule has 0 radical (unpaired) electrons. The molecule has 90 valence electrons. The minimum absolute atomic E-state index is 0.00807. The van der Waals surface area contributed by atoms with Crippen molar-refractivity contribution in [2.75, 3.05) is 18.6 Å². The molecule has 0 aromatic carbocycles. The van der Waals surface area contributed by atoms with Gasteiger partial charge in [-0.15, -0.1) is 0 Å². The molecule has 0 bridgehead atoms. The van der Waals surface area contributed by atoms with E-state index in [0.717, 1.165) is 11.8 Å². The van der Waals surface area contributed by atoms with E-state index in [1.807, 2.05) is 0 Å². The van der Waals surface area contributed by atoms with Gasteiger partial charge in [-0.1, -0.05) is 0 Å². The first-order valence-corrected chi connectivity index (χ1v) is 6.78. The Labute approximate surface area is 90.7 Å². The Morgan fingerprint density at radius 3 is 2.40 bits per heavy atom. The third-order valence-corrected chi connectivity index (χ3v) is 2.45. The molecular formula is C6H13O7PS. The van der Waals surface area contributed by atoms with Crippen LogP contribution in [0, 0.1) is 0 Å². The summed E-state index contributed by atoms with van der Waals surface area (Å²) in [7, 11) is -4.69. The molecule has 0 aliphatic heterocycles. The zero-order chi connectivity index (χ0) is 12.1. The minimum atomic E-state index is -4.69. The number of Topliss-reactive ketones (excluding diaryl/α,β-unsaturated/α-hetero) is 1. The maximum Gasteiger partial charge on any atom is 0.469 e. The van der Waals surface area contributed by atoms with E-state index in [4.69, 9.17) is 20.0 Å². The number of phosphoric ester groups is 1. The second kappa shape index (κ2) is 6.59. The molecular weight excluding hydrogens is 247 g/mol. The number of carbonyl (C=O) groups excluding carboxylic acids is 1. The summed E-state index contributed by atoms with van der Waals surface area (Å²) in [4.78, 5) is 27.6. The van der Waals surface area contributed by atoms with Gasteiger partial charge in [-0.25, -0.2) is 4.57 Å². The van der Waals surface area contributed by atoms with Gasteiger partial charge in [0.2, 0.25) is 0 Å². The number of rotatable bonds is 7. The van der Waals surface area contributed by atoms with Crippen LogP contribution in [-0.4, -0.2) is 56.6 Å². The maximum atomic E-state index is 11.0. The van der Waals surface area contributed by atoms with Gasteiger partial charge in [0.25, 0.3) is 0 Å². The fraction of sp³-hybridized carbons (Fsp3) is 0.833. The average Bonchev–Trinajstić information content (AvgIpc) is 2.12. The second-order valence-electron chi connectivity index (χ2n) is 2.70. The van der Waals surface area contributed by atoms with Crippen LogP contribution in [0.15, 0.2) is 0 Å². The van der Waals surface area contributed by atoms with Gasteiger partial charge in [-0.05, 0) is 6.26 Å². The molecule has 9 heteroatoms. The highest BCUT2D eigenvalue weighted by atomic mass is 32.2. The second-order valence-corrected chi connectivity index (χ2v) is 4.80. The van der Waals surface area contributed by atoms with Crippen molar-refractivity contribution in [2.45, 2.75) is 12.2 Å². The lowest BCUT2D eigenvalue weighted by Crippen LogP contribution is -2.37. The molecule has 0 rings (SSSR count). The Kier molecular flexibility index (Phi) is 6.62. The Morgan fingerprint density at radius 2 is 2.00 bits per heavy atom. The molecule has 0 saturated carbocycles. The Morgan fingerprint density at radius 1 is 1.47 bits per heavy atom. The van der Waals surface area contributed by atoms with Crippen molar-refractivity contribution >= 4 is 25.4 Å². The lowest BCUT2D eigenvalue weighted by atomic mass is 10.1. The van der Waals surface area contributed by atoms with Gasteiger partial charge in [-0.3, -0.25) is 9.32 Å². The molecule has 0 heterocycles. The molecule has 15 heavy (non-hydrogen) atoms. The summed E-state index contributed by atoms with van der Waals surface area (Å²) in [6.45, 7) is -0.800. The summed E-state index contributed by atoms with van der Waals surface area (Å²) in [5.74, 6) is -0.613. The topological polar surface area (TPSA) is 124 Å². The fourth-order valence-electron chi connectivity index (χ4n) is 0.707. The van der Waals surface area contributed by atoms with E-state index in [1.54, 1.807) is 6.26 Å². The normalized spacial score (nSPS) is 16.1. The lowest BCUT2D eigenvalue weighted by Gasteiger charge is -2.16. The van der Waals surface area contributed by atoms with Gasteiger partial charge in [0.05, 0.1) is 12.4 Å². The lowest BCUT2D eigenvalue weighted by molar-refractivity contribution is -0.131. The van der Waals surface area contributed by atoms with Crippen LogP contribution in [0.25, 0.3) is 0 Å². The number of aliphatic hydroxyl groups is 2. The first-order valence-electron chi connectivity index (χ1n) is 3.86. The van der Waals surface area contributed by atoms with E-state index < -0.39 is 32.4 Å². The van der Waals surface area contributed by atoms with Crippen LogP contribution in [0.4, 0.5) is 0 Å². The number of hydrogen-bond donors (Lipinski definition) is 4. The van der Waals surface area contributed by atoms with Gasteiger partial charge in [0, 0.05) is 0 Å². The summed E-state index contributed by atoms with van der Waals surface area (Å²) in [5, 5.41) is 18.3. The van der Waals surface area contributed by atoms with E-state index >= 15 is 0 Å². The number of hydrogen-bond acceptors (Lipinski definition) is 6. The molecule has 0 aliphatic carbocycles. The van der Waals surface area contributed by atoms with Crippen LogP contribution in [0.3, 0.4) is 0 Å². The predicted molar refractivity (Wildman–Crippen MR) is 53.4 cm³/mol. The third-order valence-electron chi connectivity index (χ3n) is 1.39. The number of thioether (sulfide) groups is 1. The molecule has 0 saturated heterocycles. The smallest absolute Gasteiger partial charge is 0.388 e. The monoisotopic (exact) mass is 260 g/mol. The SMILES string of the molecule is CSCC(=O)[C@@H](O)[C@H](O)COP(=O)(O)O. The number of phosphoric acid groups is 1. The highest BCUT2D eigenvalue weighted by molar-refractivity contribution is 7.99. The third kappa shape index (κ3) is 7.02. The van der Waals surface area contributed by atoms with Crippen LogP contribution < -0.4 is 0 Å². The van der Waals surface area contributed by atoms with Gasteiger partial charge in [0.1, 0.15) is 12.2 Å². The van der Waals surface area contributed by atoms with Crippen molar-refractivity contribution in [3.05, 3.63) is 0 Å². The predicted octanol–water partition coefficient (Wildman–Crippen LogP) is -1.25. The Bertz CT molecular complexity index is 252. The van der Waals surface area contributed by atoms with Crippen LogP contribution in [0.5, 0.6) is 0 Å². The zero-order valence-electron chi connectivity index (χ0n) is 7.94. The van der Waals surface area contributed by atoms with Gasteiger partial charge in [0.15, 0.2) is 5.78 Å². The number of ketones is 1. The molecule has 0 unspecified atom stereocenters. The molecule has 4 N–H and O–H groups in total. The average molecular weight is 260 g/mol. The van der Waals surface area contributed by atoms with E-state index in [2.05, 4.69) is 4.52 Å². The molecule has 0 aromatic heterocycles. The standard InChI is InChI=1S/C6H13O7PS/c1-15-3-5(8)6(9)4(7)2-13-14(10,11)12/h4,6-7,9H,2-3H2,1H3,(H2,10,11,12)/t4-,6+/m1/s1. The van der Waals surface area contributed by atoms with E-state index in [0.29, 0.717) is 0 Å². The van der Waals surface area contributed by atoms with Crippen molar-refractivity contribution in [3.63, 3.8) is 0 Å². The summed E-state index contributed by atoms with van der Waals surface area (Å²) in [5.41, 5.74) is 0. The molecule has 7 nitrogen and oxygen atoms in total. The summed E-state index contributed by atoms with van der Waals surface area (Å²) >= 11 is 1.16. The van der Waals surface area contributed by atoms with E-state index in [1.165, 1.54) is 0 Å². The Hall–Kier alpha value is 0.0500. The molecule has 0 spiro atoms. The molecule has 0 aliphatic rings. The summed E-state index contributed by atoms with van der Waals surface area (Å²) in [6.07, 6.45) is -1.69. The quantitative estimate of drug-likeness (QED) is 0.418. The highest BCUT2D eigenvalue weighted by Crippen LogP contribution is 2.35. The van der Waals surface area contributed by atoms with Crippen molar-refractivity contribution in [3.8, 4) is 0 Å². The van der Waals surface area contributed by atoms with E-state index in [-0.39, 0.29) is 5.75 Å². The van der Waals surface area contributed by atoms with Crippen molar-refractivity contribution in [1.82, 2.24) is 0 Å². The van der Waals surface area contributed by atoms with Crippen molar-refractivity contribution < 1.29 is 33.9 Å². The van der Waals surface area contributed by atoms with Crippen LogP contribution in [0.2, 0.25) is 0 Å². The zero-order valence-corrected chi connectivity index (χ0v) is 9.65. The van der Waals surface area contributed by atoms with Crippen LogP contribution in [0.1, 0.15) is 0 Å². The number of carbonyl (C=O) groups is 1. The van der Waals surface area contributed by atoms with Crippen LogP contribution >= 0.6 is 19.6 Å². The Balaban J connectivity index is 4.04. The largest absolute Gasteiger partial charge is 0.469 e. The summed E-state index contributed by atoms with van der Waals surface area (Å²) in [6, 6.07) is 0. The fourth-order valence-corrected chi connectivity index (χ4v) is 1.51. The molecule has 0 aromatic rings. The summed E-state index contributed by atoms with van der Waals surface area (Å²) < 4.78 is 14.2. The molecule has 2 atom stereocenters. The van der Waals surface area contributed by atoms with Crippen molar-refractivity contribution in [1.29, 1.82) is 0 Å². The van der Waals surface area contributed by atoms with Gasteiger partial charge >= 0.3 is 7.82 Å². The van der Waals surface area contributed by atoms with Crippen molar-refractivity contribution in [2.24, 2.45) is 0 Å². The first-order chi connectivity index (χ1) is 6.78.